The first kappa shape index (κ1) is 25.2. The standard InChI is InChI=1S/C27H31FN6O2/c1-18(2)17-33(3)27(36)24-9-10-25(32-31-24)34-13-11-22(12-14-34)30-26(35)20-7-8-23(29-16-20)19-5-4-6-21(28)15-19/h4-10,15-16,18,22H,11-14,17H2,1-3H3,(H,30,35). The third-order valence-corrected chi connectivity index (χ3v) is 6.16. The van der Waals surface area contributed by atoms with E-state index in [1.165, 1.54) is 18.3 Å². The highest BCUT2D eigenvalue weighted by Crippen LogP contribution is 2.20. The Labute approximate surface area is 210 Å². The van der Waals surface area contributed by atoms with Crippen molar-refractivity contribution in [1.29, 1.82) is 0 Å². The van der Waals surface area contributed by atoms with E-state index in [4.69, 9.17) is 0 Å². The van der Waals surface area contributed by atoms with E-state index in [0.29, 0.717) is 35.0 Å². The summed E-state index contributed by atoms with van der Waals surface area (Å²) in [4.78, 5) is 33.3. The number of hydrogen-bond acceptors (Lipinski definition) is 6. The molecular weight excluding hydrogens is 459 g/mol. The molecule has 36 heavy (non-hydrogen) atoms. The summed E-state index contributed by atoms with van der Waals surface area (Å²) in [5, 5.41) is 11.5. The Balaban J connectivity index is 1.28. The molecule has 1 aliphatic rings. The van der Waals surface area contributed by atoms with Gasteiger partial charge in [0.25, 0.3) is 11.8 Å². The van der Waals surface area contributed by atoms with Crippen LogP contribution in [0, 0.1) is 11.7 Å². The molecule has 1 saturated heterocycles. The summed E-state index contributed by atoms with van der Waals surface area (Å²) in [5.74, 6) is 0.457. The van der Waals surface area contributed by atoms with Crippen LogP contribution in [0.2, 0.25) is 0 Å². The summed E-state index contributed by atoms with van der Waals surface area (Å²) >= 11 is 0. The number of nitrogens with one attached hydrogen (secondary N) is 1. The average molecular weight is 491 g/mol. The molecule has 1 aliphatic heterocycles. The molecule has 1 aromatic carbocycles. The Kier molecular flexibility index (Phi) is 7.87. The van der Waals surface area contributed by atoms with Gasteiger partial charge in [-0.3, -0.25) is 14.6 Å². The van der Waals surface area contributed by atoms with Gasteiger partial charge in [0.2, 0.25) is 0 Å². The van der Waals surface area contributed by atoms with Crippen LogP contribution < -0.4 is 10.2 Å². The second kappa shape index (κ2) is 11.2. The maximum Gasteiger partial charge on any atom is 0.274 e. The lowest BCUT2D eigenvalue weighted by molar-refractivity contribution is 0.0772. The molecule has 0 atom stereocenters. The van der Waals surface area contributed by atoms with Crippen LogP contribution in [0.5, 0.6) is 0 Å². The van der Waals surface area contributed by atoms with Crippen molar-refractivity contribution in [3.8, 4) is 11.3 Å². The number of nitrogens with zero attached hydrogens (tertiary/aromatic N) is 5. The fraction of sp³-hybridized carbons (Fsp3) is 0.370. The average Bonchev–Trinajstić information content (AvgIpc) is 2.88. The molecule has 0 spiro atoms. The monoisotopic (exact) mass is 490 g/mol. The van der Waals surface area contributed by atoms with E-state index in [0.717, 1.165) is 31.7 Å². The normalized spacial score (nSPS) is 14.1. The predicted octanol–water partition coefficient (Wildman–Crippen LogP) is 3.80. The molecule has 0 saturated carbocycles. The number of benzene rings is 1. The van der Waals surface area contributed by atoms with Crippen molar-refractivity contribution in [2.75, 3.05) is 31.6 Å². The molecule has 188 valence electrons. The van der Waals surface area contributed by atoms with Crippen LogP contribution in [-0.4, -0.2) is 64.6 Å². The summed E-state index contributed by atoms with van der Waals surface area (Å²) in [6, 6.07) is 13.2. The lowest BCUT2D eigenvalue weighted by Gasteiger charge is -2.32. The van der Waals surface area contributed by atoms with Gasteiger partial charge in [-0.1, -0.05) is 26.0 Å². The van der Waals surface area contributed by atoms with Crippen LogP contribution in [0.3, 0.4) is 0 Å². The van der Waals surface area contributed by atoms with Crippen molar-refractivity contribution in [2.45, 2.75) is 32.7 Å². The Hall–Kier alpha value is -3.88. The van der Waals surface area contributed by atoms with E-state index in [9.17, 15) is 14.0 Å². The summed E-state index contributed by atoms with van der Waals surface area (Å²) in [6.45, 7) is 6.22. The quantitative estimate of drug-likeness (QED) is 0.542. The van der Waals surface area contributed by atoms with E-state index in [1.54, 1.807) is 42.3 Å². The highest BCUT2D eigenvalue weighted by atomic mass is 19.1. The lowest BCUT2D eigenvalue weighted by atomic mass is 10.0. The number of amides is 2. The van der Waals surface area contributed by atoms with Crippen LogP contribution in [0.4, 0.5) is 10.2 Å². The van der Waals surface area contributed by atoms with Crippen LogP contribution in [-0.2, 0) is 0 Å². The Bertz CT molecular complexity index is 1190. The second-order valence-corrected chi connectivity index (χ2v) is 9.53. The lowest BCUT2D eigenvalue weighted by Crippen LogP contribution is -2.45. The van der Waals surface area contributed by atoms with Crippen LogP contribution >= 0.6 is 0 Å². The van der Waals surface area contributed by atoms with Gasteiger partial charge in [0.15, 0.2) is 11.5 Å². The molecule has 4 rings (SSSR count). The molecule has 9 heteroatoms. The van der Waals surface area contributed by atoms with Crippen molar-refractivity contribution in [3.63, 3.8) is 0 Å². The summed E-state index contributed by atoms with van der Waals surface area (Å²) in [6.07, 6.45) is 3.04. The highest BCUT2D eigenvalue weighted by Gasteiger charge is 2.23. The van der Waals surface area contributed by atoms with Crippen LogP contribution in [0.15, 0.2) is 54.7 Å². The number of halogens is 1. The maximum absolute atomic E-state index is 13.5. The van der Waals surface area contributed by atoms with Gasteiger partial charge >= 0.3 is 0 Å². The van der Waals surface area contributed by atoms with Crippen molar-refractivity contribution >= 4 is 17.6 Å². The van der Waals surface area contributed by atoms with Crippen LogP contribution in [0.1, 0.15) is 47.5 Å². The number of anilines is 1. The summed E-state index contributed by atoms with van der Waals surface area (Å²) in [5.41, 5.74) is 2.07. The van der Waals surface area contributed by atoms with Gasteiger partial charge in [0.1, 0.15) is 5.82 Å². The molecule has 0 bridgehead atoms. The number of piperidine rings is 1. The Morgan fingerprint density at radius 2 is 1.89 bits per heavy atom. The predicted molar refractivity (Wildman–Crippen MR) is 136 cm³/mol. The van der Waals surface area contributed by atoms with Crippen LogP contribution in [0.25, 0.3) is 11.3 Å². The van der Waals surface area contributed by atoms with E-state index in [1.807, 2.05) is 6.07 Å². The van der Waals surface area contributed by atoms with Crippen molar-refractivity contribution < 1.29 is 14.0 Å². The second-order valence-electron chi connectivity index (χ2n) is 9.53. The molecular formula is C27H31FN6O2. The first-order valence-electron chi connectivity index (χ1n) is 12.2. The molecule has 1 fully saturated rings. The highest BCUT2D eigenvalue weighted by molar-refractivity contribution is 5.94. The fourth-order valence-electron chi connectivity index (χ4n) is 4.30. The zero-order valence-corrected chi connectivity index (χ0v) is 20.8. The minimum Gasteiger partial charge on any atom is -0.355 e. The molecule has 2 aromatic heterocycles. The summed E-state index contributed by atoms with van der Waals surface area (Å²) in [7, 11) is 1.77. The smallest absolute Gasteiger partial charge is 0.274 e. The Morgan fingerprint density at radius 1 is 1.11 bits per heavy atom. The molecule has 3 aromatic rings. The van der Waals surface area contributed by atoms with E-state index in [-0.39, 0.29) is 23.7 Å². The zero-order chi connectivity index (χ0) is 25.7. The third-order valence-electron chi connectivity index (χ3n) is 6.16. The van der Waals surface area contributed by atoms with Gasteiger partial charge < -0.3 is 15.1 Å². The van der Waals surface area contributed by atoms with E-state index >= 15 is 0 Å². The van der Waals surface area contributed by atoms with Crippen molar-refractivity contribution in [3.05, 3.63) is 71.8 Å². The minimum atomic E-state index is -0.327. The minimum absolute atomic E-state index is 0.0372. The number of rotatable bonds is 7. The van der Waals surface area contributed by atoms with E-state index in [2.05, 4.69) is 39.2 Å². The van der Waals surface area contributed by atoms with Gasteiger partial charge in [0, 0.05) is 44.5 Å². The van der Waals surface area contributed by atoms with Crippen molar-refractivity contribution in [2.24, 2.45) is 5.92 Å². The van der Waals surface area contributed by atoms with E-state index < -0.39 is 0 Å². The molecule has 3 heterocycles. The number of hydrogen-bond donors (Lipinski definition) is 1. The zero-order valence-electron chi connectivity index (χ0n) is 20.8. The molecule has 0 unspecified atom stereocenters. The number of carbonyl (C=O) groups is 2. The largest absolute Gasteiger partial charge is 0.355 e. The molecule has 2 amide bonds. The number of carbonyl (C=O) groups excluding carboxylic acids is 2. The fourth-order valence-corrected chi connectivity index (χ4v) is 4.30. The number of aromatic nitrogens is 3. The maximum atomic E-state index is 13.5. The SMILES string of the molecule is CC(C)CN(C)C(=O)c1ccc(N2CCC(NC(=O)c3ccc(-c4cccc(F)c4)nc3)CC2)nn1. The molecule has 0 aliphatic carbocycles. The molecule has 0 radical (unpaired) electrons. The van der Waals surface area contributed by atoms with Gasteiger partial charge in [-0.15, -0.1) is 10.2 Å². The van der Waals surface area contributed by atoms with Gasteiger partial charge in [0.05, 0.1) is 11.3 Å². The number of pyridine rings is 1. The molecule has 8 nitrogen and oxygen atoms in total. The first-order valence-corrected chi connectivity index (χ1v) is 12.2. The first-order chi connectivity index (χ1) is 17.3. The topological polar surface area (TPSA) is 91.3 Å². The summed E-state index contributed by atoms with van der Waals surface area (Å²) < 4.78 is 13.5. The Morgan fingerprint density at radius 3 is 2.50 bits per heavy atom. The van der Waals surface area contributed by atoms with Gasteiger partial charge in [-0.2, -0.15) is 0 Å². The van der Waals surface area contributed by atoms with Gasteiger partial charge in [-0.05, 0) is 55.2 Å². The van der Waals surface area contributed by atoms with Gasteiger partial charge in [-0.25, -0.2) is 4.39 Å². The van der Waals surface area contributed by atoms with Crippen molar-refractivity contribution in [1.82, 2.24) is 25.4 Å². The molecule has 1 N–H and O–H groups in total. The third kappa shape index (κ3) is 6.21.